The second kappa shape index (κ2) is 4.44. The van der Waals surface area contributed by atoms with Gasteiger partial charge in [-0.25, -0.2) is 0 Å². The molecule has 0 radical (unpaired) electrons. The van der Waals surface area contributed by atoms with Crippen LogP contribution in [0.2, 0.25) is 0 Å². The van der Waals surface area contributed by atoms with Crippen molar-refractivity contribution in [1.29, 1.82) is 0 Å². The van der Waals surface area contributed by atoms with E-state index in [4.69, 9.17) is 0 Å². The molecule has 2 fully saturated rings. The lowest BCUT2D eigenvalue weighted by molar-refractivity contribution is -0.149. The third-order valence-corrected chi connectivity index (χ3v) is 3.55. The van der Waals surface area contributed by atoms with Crippen molar-refractivity contribution in [2.24, 2.45) is 5.92 Å². The summed E-state index contributed by atoms with van der Waals surface area (Å²) in [5.74, 6) is 0.878. The minimum absolute atomic E-state index is 0.00500. The molecule has 0 bridgehead atoms. The molecule has 2 atom stereocenters. The highest BCUT2D eigenvalue weighted by Gasteiger charge is 2.37. The van der Waals surface area contributed by atoms with Gasteiger partial charge in [0.25, 0.3) is 0 Å². The normalized spacial score (nSPS) is 30.5. The van der Waals surface area contributed by atoms with Gasteiger partial charge < -0.3 is 10.2 Å². The van der Waals surface area contributed by atoms with Crippen molar-refractivity contribution < 1.29 is 9.59 Å². The quantitative estimate of drug-likeness (QED) is 0.771. The number of carbonyl (C=O) groups is 2. The zero-order chi connectivity index (χ0) is 11.7. The van der Waals surface area contributed by atoms with Gasteiger partial charge in [0.1, 0.15) is 12.1 Å². The smallest absolute Gasteiger partial charge is 0.245 e. The molecule has 2 rings (SSSR count). The molecule has 2 unspecified atom stereocenters. The highest BCUT2D eigenvalue weighted by Crippen LogP contribution is 2.33. The molecule has 1 heterocycles. The van der Waals surface area contributed by atoms with Crippen molar-refractivity contribution in [3.8, 4) is 0 Å². The Bertz CT molecular complexity index is 299. The molecular formula is C12H20N2O2. The lowest BCUT2D eigenvalue weighted by atomic mass is 10.1. The molecule has 2 amide bonds. The predicted molar refractivity (Wildman–Crippen MR) is 60.7 cm³/mol. The Morgan fingerprint density at radius 3 is 2.62 bits per heavy atom. The summed E-state index contributed by atoms with van der Waals surface area (Å²) >= 11 is 0. The van der Waals surface area contributed by atoms with Crippen LogP contribution in [0.15, 0.2) is 0 Å². The molecule has 2 aliphatic rings. The molecule has 1 saturated heterocycles. The van der Waals surface area contributed by atoms with E-state index in [1.165, 1.54) is 12.8 Å². The van der Waals surface area contributed by atoms with Crippen LogP contribution in [0, 0.1) is 5.92 Å². The monoisotopic (exact) mass is 224 g/mol. The second-order valence-electron chi connectivity index (χ2n) is 4.92. The third-order valence-electron chi connectivity index (χ3n) is 3.55. The Kier molecular flexibility index (Phi) is 3.17. The molecule has 1 N–H and O–H groups in total. The first-order chi connectivity index (χ1) is 7.63. The Labute approximate surface area is 96.4 Å². The predicted octanol–water partition coefficient (Wildman–Crippen LogP) is 0.912. The molecule has 4 nitrogen and oxygen atoms in total. The maximum Gasteiger partial charge on any atom is 0.245 e. The van der Waals surface area contributed by atoms with Gasteiger partial charge >= 0.3 is 0 Å². The van der Waals surface area contributed by atoms with E-state index in [0.717, 1.165) is 18.9 Å². The molecule has 4 heteroatoms. The van der Waals surface area contributed by atoms with E-state index in [-0.39, 0.29) is 23.9 Å². The fourth-order valence-electron chi connectivity index (χ4n) is 2.32. The van der Waals surface area contributed by atoms with E-state index in [2.05, 4.69) is 5.32 Å². The van der Waals surface area contributed by atoms with E-state index < -0.39 is 0 Å². The summed E-state index contributed by atoms with van der Waals surface area (Å²) in [6.45, 7) is 4.47. The van der Waals surface area contributed by atoms with Crippen molar-refractivity contribution in [2.75, 3.05) is 6.54 Å². The summed E-state index contributed by atoms with van der Waals surface area (Å²) < 4.78 is 0. The number of carbonyl (C=O) groups excluding carboxylic acids is 2. The zero-order valence-corrected chi connectivity index (χ0v) is 10.0. The summed E-state index contributed by atoms with van der Waals surface area (Å²) in [6.07, 6.45) is 4.35. The molecule has 0 aromatic carbocycles. The van der Waals surface area contributed by atoms with Gasteiger partial charge in [-0.15, -0.1) is 0 Å². The molecule has 1 aliphatic heterocycles. The standard InChI is InChI=1S/C12H20N2O2/c1-3-10-11(15)13-8(2)12(16)14(10)7-6-9-4-5-9/h8-10H,3-7H2,1-2H3,(H,13,15). The minimum Gasteiger partial charge on any atom is -0.343 e. The minimum atomic E-state index is -0.352. The fourth-order valence-corrected chi connectivity index (χ4v) is 2.32. The molecular weight excluding hydrogens is 204 g/mol. The SMILES string of the molecule is CCC1C(=O)NC(C)C(=O)N1CCC1CC1. The lowest BCUT2D eigenvalue weighted by Gasteiger charge is -2.37. The first-order valence-electron chi connectivity index (χ1n) is 6.24. The average molecular weight is 224 g/mol. The third kappa shape index (κ3) is 2.20. The van der Waals surface area contributed by atoms with Crippen molar-refractivity contribution in [2.45, 2.75) is 51.6 Å². The molecule has 1 aliphatic carbocycles. The summed E-state index contributed by atoms with van der Waals surface area (Å²) in [5, 5.41) is 2.73. The number of amides is 2. The Hall–Kier alpha value is -1.06. The molecule has 90 valence electrons. The van der Waals surface area contributed by atoms with Crippen LogP contribution in [0.25, 0.3) is 0 Å². The maximum absolute atomic E-state index is 12.0. The van der Waals surface area contributed by atoms with Gasteiger partial charge in [-0.05, 0) is 25.7 Å². The summed E-state index contributed by atoms with van der Waals surface area (Å²) in [5.41, 5.74) is 0. The number of hydrogen-bond donors (Lipinski definition) is 1. The summed E-state index contributed by atoms with van der Waals surface area (Å²) in [6, 6.07) is -0.600. The highest BCUT2D eigenvalue weighted by atomic mass is 16.2. The van der Waals surface area contributed by atoms with Gasteiger partial charge in [0.2, 0.25) is 11.8 Å². The molecule has 0 aromatic rings. The second-order valence-corrected chi connectivity index (χ2v) is 4.92. The molecule has 16 heavy (non-hydrogen) atoms. The van der Waals surface area contributed by atoms with Crippen LogP contribution in [-0.2, 0) is 9.59 Å². The van der Waals surface area contributed by atoms with Crippen LogP contribution < -0.4 is 5.32 Å². The number of nitrogens with zero attached hydrogens (tertiary/aromatic N) is 1. The number of piperazine rings is 1. The maximum atomic E-state index is 12.0. The van der Waals surface area contributed by atoms with Crippen molar-refractivity contribution in [3.63, 3.8) is 0 Å². The van der Waals surface area contributed by atoms with E-state index in [1.807, 2.05) is 6.92 Å². The largest absolute Gasteiger partial charge is 0.343 e. The average Bonchev–Trinajstić information content (AvgIpc) is 3.05. The van der Waals surface area contributed by atoms with Gasteiger partial charge in [0.05, 0.1) is 0 Å². The first-order valence-corrected chi connectivity index (χ1v) is 6.24. The highest BCUT2D eigenvalue weighted by molar-refractivity contribution is 5.96. The van der Waals surface area contributed by atoms with E-state index >= 15 is 0 Å². The number of nitrogens with one attached hydrogen (secondary N) is 1. The first kappa shape index (κ1) is 11.4. The van der Waals surface area contributed by atoms with Gasteiger partial charge in [0, 0.05) is 6.54 Å². The van der Waals surface area contributed by atoms with Crippen LogP contribution in [0.1, 0.15) is 39.5 Å². The van der Waals surface area contributed by atoms with Gasteiger partial charge in [-0.1, -0.05) is 19.8 Å². The molecule has 1 saturated carbocycles. The number of rotatable bonds is 4. The van der Waals surface area contributed by atoms with E-state index in [9.17, 15) is 9.59 Å². The molecule has 0 spiro atoms. The van der Waals surface area contributed by atoms with Crippen molar-refractivity contribution in [1.82, 2.24) is 10.2 Å². The Balaban J connectivity index is 2.01. The number of hydrogen-bond acceptors (Lipinski definition) is 2. The van der Waals surface area contributed by atoms with Gasteiger partial charge in [0.15, 0.2) is 0 Å². The van der Waals surface area contributed by atoms with Crippen LogP contribution in [0.3, 0.4) is 0 Å². The van der Waals surface area contributed by atoms with Crippen LogP contribution in [0.4, 0.5) is 0 Å². The van der Waals surface area contributed by atoms with Crippen molar-refractivity contribution in [3.05, 3.63) is 0 Å². The Morgan fingerprint density at radius 2 is 2.06 bits per heavy atom. The molecule has 0 aromatic heterocycles. The van der Waals surface area contributed by atoms with Crippen LogP contribution >= 0.6 is 0 Å². The van der Waals surface area contributed by atoms with E-state index in [0.29, 0.717) is 6.42 Å². The van der Waals surface area contributed by atoms with Crippen LogP contribution in [-0.4, -0.2) is 35.3 Å². The summed E-state index contributed by atoms with van der Waals surface area (Å²) in [4.78, 5) is 25.5. The van der Waals surface area contributed by atoms with Gasteiger partial charge in [-0.2, -0.15) is 0 Å². The van der Waals surface area contributed by atoms with Crippen LogP contribution in [0.5, 0.6) is 0 Å². The lowest BCUT2D eigenvalue weighted by Crippen LogP contribution is -2.62. The summed E-state index contributed by atoms with van der Waals surface area (Å²) in [7, 11) is 0. The van der Waals surface area contributed by atoms with Gasteiger partial charge in [-0.3, -0.25) is 9.59 Å². The van der Waals surface area contributed by atoms with Crippen molar-refractivity contribution >= 4 is 11.8 Å². The topological polar surface area (TPSA) is 49.4 Å². The Morgan fingerprint density at radius 1 is 1.38 bits per heavy atom. The fraction of sp³-hybridized carbons (Fsp3) is 0.833. The van der Waals surface area contributed by atoms with E-state index in [1.54, 1.807) is 11.8 Å². The zero-order valence-electron chi connectivity index (χ0n) is 10.0.